The van der Waals surface area contributed by atoms with Crippen LogP contribution in [0, 0.1) is 12.8 Å². The predicted molar refractivity (Wildman–Crippen MR) is 75.5 cm³/mol. The highest BCUT2D eigenvalue weighted by Gasteiger charge is 2.22. The van der Waals surface area contributed by atoms with Gasteiger partial charge in [0.2, 0.25) is 11.8 Å². The van der Waals surface area contributed by atoms with Crippen LogP contribution in [0.2, 0.25) is 0 Å². The first kappa shape index (κ1) is 15.2. The first-order valence-electron chi connectivity index (χ1n) is 6.50. The monoisotopic (exact) mass is 262 g/mol. The second-order valence-corrected chi connectivity index (χ2v) is 5.13. The van der Waals surface area contributed by atoms with Gasteiger partial charge >= 0.3 is 0 Å². The van der Waals surface area contributed by atoms with Crippen LogP contribution in [0.25, 0.3) is 0 Å². The van der Waals surface area contributed by atoms with E-state index in [1.165, 1.54) is 12.5 Å². The zero-order valence-electron chi connectivity index (χ0n) is 12.0. The molecule has 2 N–H and O–H groups in total. The number of benzene rings is 1. The molecule has 0 unspecified atom stereocenters. The molecule has 0 aliphatic rings. The highest BCUT2D eigenvalue weighted by molar-refractivity contribution is 5.86. The molecule has 19 heavy (non-hydrogen) atoms. The van der Waals surface area contributed by atoms with E-state index >= 15 is 0 Å². The minimum Gasteiger partial charge on any atom is -0.350 e. The van der Waals surface area contributed by atoms with E-state index in [0.29, 0.717) is 6.54 Å². The fourth-order valence-electron chi connectivity index (χ4n) is 1.76. The van der Waals surface area contributed by atoms with Gasteiger partial charge in [0.05, 0.1) is 0 Å². The van der Waals surface area contributed by atoms with Crippen molar-refractivity contribution < 1.29 is 9.59 Å². The summed E-state index contributed by atoms with van der Waals surface area (Å²) in [5, 5.41) is 5.53. The Morgan fingerprint density at radius 3 is 2.21 bits per heavy atom. The lowest BCUT2D eigenvalue weighted by Crippen LogP contribution is -2.48. The Kier molecular flexibility index (Phi) is 5.55. The van der Waals surface area contributed by atoms with Gasteiger partial charge in [-0.2, -0.15) is 0 Å². The van der Waals surface area contributed by atoms with Crippen LogP contribution >= 0.6 is 0 Å². The Morgan fingerprint density at radius 2 is 1.74 bits per heavy atom. The SMILES string of the molecule is CC(=O)N[C@@H](C(=O)NCc1ccc(C)cc1)C(C)C. The molecule has 0 saturated heterocycles. The molecule has 1 atom stereocenters. The summed E-state index contributed by atoms with van der Waals surface area (Å²) in [5.74, 6) is -0.281. The molecule has 1 aromatic carbocycles. The minimum atomic E-state index is -0.483. The van der Waals surface area contributed by atoms with E-state index in [0.717, 1.165) is 5.56 Å². The minimum absolute atomic E-state index is 0.0573. The molecule has 0 radical (unpaired) electrons. The molecule has 0 fully saturated rings. The summed E-state index contributed by atoms with van der Waals surface area (Å²) >= 11 is 0. The van der Waals surface area contributed by atoms with Crippen LogP contribution in [-0.2, 0) is 16.1 Å². The number of hydrogen-bond acceptors (Lipinski definition) is 2. The fraction of sp³-hybridized carbons (Fsp3) is 0.467. The van der Waals surface area contributed by atoms with Crippen LogP contribution in [0.1, 0.15) is 31.9 Å². The standard InChI is InChI=1S/C15H22N2O2/c1-10(2)14(17-12(4)18)15(19)16-9-13-7-5-11(3)6-8-13/h5-8,10,14H,9H2,1-4H3,(H,16,19)(H,17,18)/t14-/m1/s1. The number of rotatable bonds is 5. The molecular weight excluding hydrogens is 240 g/mol. The molecule has 1 aromatic rings. The predicted octanol–water partition coefficient (Wildman–Crippen LogP) is 1.77. The van der Waals surface area contributed by atoms with Crippen LogP contribution in [0.5, 0.6) is 0 Å². The summed E-state index contributed by atoms with van der Waals surface area (Å²) in [6.45, 7) is 7.73. The summed E-state index contributed by atoms with van der Waals surface area (Å²) in [5.41, 5.74) is 2.23. The first-order valence-corrected chi connectivity index (χ1v) is 6.50. The average Bonchev–Trinajstić information content (AvgIpc) is 2.34. The Hall–Kier alpha value is -1.84. The summed E-state index contributed by atoms with van der Waals surface area (Å²) in [6.07, 6.45) is 0. The maximum absolute atomic E-state index is 12.0. The van der Waals surface area contributed by atoms with E-state index in [2.05, 4.69) is 10.6 Å². The third-order valence-electron chi connectivity index (χ3n) is 2.90. The zero-order valence-corrected chi connectivity index (χ0v) is 12.0. The molecule has 4 heteroatoms. The molecule has 0 spiro atoms. The fourth-order valence-corrected chi connectivity index (χ4v) is 1.76. The Labute approximate surface area is 114 Å². The second-order valence-electron chi connectivity index (χ2n) is 5.13. The van der Waals surface area contributed by atoms with Gasteiger partial charge in [0.25, 0.3) is 0 Å². The highest BCUT2D eigenvalue weighted by atomic mass is 16.2. The van der Waals surface area contributed by atoms with Gasteiger partial charge in [-0.3, -0.25) is 9.59 Å². The summed E-state index contributed by atoms with van der Waals surface area (Å²) < 4.78 is 0. The number of carbonyl (C=O) groups excluding carboxylic acids is 2. The lowest BCUT2D eigenvalue weighted by Gasteiger charge is -2.20. The van der Waals surface area contributed by atoms with Crippen LogP contribution in [-0.4, -0.2) is 17.9 Å². The van der Waals surface area contributed by atoms with Crippen molar-refractivity contribution in [2.75, 3.05) is 0 Å². The summed E-state index contributed by atoms with van der Waals surface area (Å²) in [4.78, 5) is 23.1. The number of amides is 2. The largest absolute Gasteiger partial charge is 0.350 e. The molecule has 2 amide bonds. The maximum Gasteiger partial charge on any atom is 0.243 e. The van der Waals surface area contributed by atoms with E-state index in [1.54, 1.807) is 0 Å². The van der Waals surface area contributed by atoms with Gasteiger partial charge < -0.3 is 10.6 Å². The number of aryl methyl sites for hydroxylation is 1. The Bertz CT molecular complexity index is 438. The first-order chi connectivity index (χ1) is 8.90. The van der Waals surface area contributed by atoms with E-state index in [1.807, 2.05) is 45.0 Å². The van der Waals surface area contributed by atoms with Gasteiger partial charge in [-0.05, 0) is 18.4 Å². The van der Waals surface area contributed by atoms with Crippen molar-refractivity contribution >= 4 is 11.8 Å². The molecule has 0 bridgehead atoms. The van der Waals surface area contributed by atoms with Crippen molar-refractivity contribution in [3.63, 3.8) is 0 Å². The molecule has 0 aromatic heterocycles. The second kappa shape index (κ2) is 6.92. The van der Waals surface area contributed by atoms with E-state index in [-0.39, 0.29) is 17.7 Å². The van der Waals surface area contributed by atoms with Crippen LogP contribution in [0.3, 0.4) is 0 Å². The summed E-state index contributed by atoms with van der Waals surface area (Å²) in [7, 11) is 0. The molecule has 1 rings (SSSR count). The highest BCUT2D eigenvalue weighted by Crippen LogP contribution is 2.05. The molecule has 0 heterocycles. The average molecular weight is 262 g/mol. The lowest BCUT2D eigenvalue weighted by atomic mass is 10.0. The molecule has 4 nitrogen and oxygen atoms in total. The summed E-state index contributed by atoms with van der Waals surface area (Å²) in [6, 6.07) is 7.50. The number of hydrogen-bond donors (Lipinski definition) is 2. The van der Waals surface area contributed by atoms with Crippen molar-refractivity contribution in [3.05, 3.63) is 35.4 Å². The molecule has 104 valence electrons. The third-order valence-corrected chi connectivity index (χ3v) is 2.90. The number of carbonyl (C=O) groups is 2. The van der Waals surface area contributed by atoms with Crippen molar-refractivity contribution in [1.82, 2.24) is 10.6 Å². The lowest BCUT2D eigenvalue weighted by molar-refractivity contribution is -0.129. The van der Waals surface area contributed by atoms with Gasteiger partial charge in [-0.15, -0.1) is 0 Å². The van der Waals surface area contributed by atoms with E-state index in [4.69, 9.17) is 0 Å². The Balaban J connectivity index is 2.57. The topological polar surface area (TPSA) is 58.2 Å². The van der Waals surface area contributed by atoms with Gasteiger partial charge in [0.15, 0.2) is 0 Å². The van der Waals surface area contributed by atoms with Crippen LogP contribution in [0.4, 0.5) is 0 Å². The van der Waals surface area contributed by atoms with Crippen LogP contribution in [0.15, 0.2) is 24.3 Å². The van der Waals surface area contributed by atoms with Crippen molar-refractivity contribution in [3.8, 4) is 0 Å². The van der Waals surface area contributed by atoms with Crippen molar-refractivity contribution in [2.45, 2.75) is 40.3 Å². The molecule has 0 aliphatic carbocycles. The van der Waals surface area contributed by atoms with Crippen molar-refractivity contribution in [1.29, 1.82) is 0 Å². The van der Waals surface area contributed by atoms with Crippen molar-refractivity contribution in [2.24, 2.45) is 5.92 Å². The van der Waals surface area contributed by atoms with Gasteiger partial charge in [-0.25, -0.2) is 0 Å². The van der Waals surface area contributed by atoms with Gasteiger partial charge in [-0.1, -0.05) is 43.7 Å². The zero-order chi connectivity index (χ0) is 14.4. The maximum atomic E-state index is 12.0. The smallest absolute Gasteiger partial charge is 0.243 e. The quantitative estimate of drug-likeness (QED) is 0.849. The Morgan fingerprint density at radius 1 is 1.16 bits per heavy atom. The van der Waals surface area contributed by atoms with E-state index in [9.17, 15) is 9.59 Å². The van der Waals surface area contributed by atoms with Gasteiger partial charge in [0, 0.05) is 13.5 Å². The van der Waals surface area contributed by atoms with Crippen LogP contribution < -0.4 is 10.6 Å². The normalized spacial score (nSPS) is 12.1. The number of nitrogens with one attached hydrogen (secondary N) is 2. The molecule has 0 saturated carbocycles. The molecule has 0 aliphatic heterocycles. The molecular formula is C15H22N2O2. The third kappa shape index (κ3) is 5.12. The van der Waals surface area contributed by atoms with Gasteiger partial charge in [0.1, 0.15) is 6.04 Å². The van der Waals surface area contributed by atoms with E-state index < -0.39 is 6.04 Å².